The van der Waals surface area contributed by atoms with Crippen LogP contribution in [0.2, 0.25) is 0 Å². The Hall–Kier alpha value is -2.73. The first-order chi connectivity index (χ1) is 11.9. The van der Waals surface area contributed by atoms with E-state index in [0.717, 1.165) is 53.2 Å². The summed E-state index contributed by atoms with van der Waals surface area (Å²) in [6, 6.07) is 12.2. The highest BCUT2D eigenvalue weighted by atomic mass is 32.1. The number of para-hydroxylation sites is 1. The molecule has 0 aliphatic rings. The van der Waals surface area contributed by atoms with Crippen LogP contribution in [-0.4, -0.2) is 26.7 Å². The Morgan fingerprint density at radius 3 is 2.88 bits per heavy atom. The lowest BCUT2D eigenvalue weighted by Gasteiger charge is -2.10. The van der Waals surface area contributed by atoms with E-state index in [-0.39, 0.29) is 0 Å². The summed E-state index contributed by atoms with van der Waals surface area (Å²) in [6.45, 7) is 0.850. The molecular formula is C18H17N5S. The lowest BCUT2D eigenvalue weighted by Crippen LogP contribution is -2.06. The maximum atomic E-state index is 4.74. The lowest BCUT2D eigenvalue weighted by molar-refractivity contribution is 0.825. The number of thiophene rings is 1. The predicted octanol–water partition coefficient (Wildman–Crippen LogP) is 4.13. The Kier molecular flexibility index (Phi) is 4.20. The average Bonchev–Trinajstić information content (AvgIpc) is 3.32. The second kappa shape index (κ2) is 6.80. The molecule has 0 saturated heterocycles. The van der Waals surface area contributed by atoms with E-state index in [1.807, 2.05) is 29.6 Å². The standard InChI is InChI=1S/C18H17N5S/c1-2-6-16-15(5-1)18(19-9-3-4-14-7-10-20-23-14)22-17(21-16)13-8-11-24-12-13/h1-2,5-8,10-12H,3-4,9H2,(H,20,23)(H,19,21,22). The number of rotatable bonds is 6. The molecule has 0 unspecified atom stereocenters. The number of hydrogen-bond donors (Lipinski definition) is 2. The SMILES string of the molecule is c1ccc2c(NCCCc3ccn[nH]3)nc(-c3ccsc3)nc2c1. The van der Waals surface area contributed by atoms with Crippen molar-refractivity contribution in [3.8, 4) is 11.4 Å². The van der Waals surface area contributed by atoms with Crippen LogP contribution in [0.4, 0.5) is 5.82 Å². The van der Waals surface area contributed by atoms with Crippen molar-refractivity contribution >= 4 is 28.1 Å². The van der Waals surface area contributed by atoms with Crippen molar-refractivity contribution in [1.29, 1.82) is 0 Å². The van der Waals surface area contributed by atoms with Gasteiger partial charge < -0.3 is 5.32 Å². The number of aromatic amines is 1. The van der Waals surface area contributed by atoms with Gasteiger partial charge in [0.05, 0.1) is 5.52 Å². The van der Waals surface area contributed by atoms with Crippen molar-refractivity contribution in [3.63, 3.8) is 0 Å². The number of hydrogen-bond acceptors (Lipinski definition) is 5. The zero-order valence-corrected chi connectivity index (χ0v) is 13.9. The quantitative estimate of drug-likeness (QED) is 0.520. The molecule has 24 heavy (non-hydrogen) atoms. The molecule has 4 rings (SSSR count). The van der Waals surface area contributed by atoms with Crippen molar-refractivity contribution in [2.75, 3.05) is 11.9 Å². The topological polar surface area (TPSA) is 66.5 Å². The third kappa shape index (κ3) is 3.14. The van der Waals surface area contributed by atoms with E-state index < -0.39 is 0 Å². The molecule has 0 fully saturated rings. The predicted molar refractivity (Wildman–Crippen MR) is 98.2 cm³/mol. The molecule has 0 spiro atoms. The molecule has 0 aliphatic carbocycles. The second-order valence-corrected chi connectivity index (χ2v) is 6.32. The van der Waals surface area contributed by atoms with Crippen molar-refractivity contribution in [1.82, 2.24) is 20.2 Å². The van der Waals surface area contributed by atoms with Crippen molar-refractivity contribution in [3.05, 3.63) is 59.0 Å². The smallest absolute Gasteiger partial charge is 0.162 e. The monoisotopic (exact) mass is 335 g/mol. The van der Waals surface area contributed by atoms with E-state index in [4.69, 9.17) is 4.98 Å². The Morgan fingerprint density at radius 2 is 2.04 bits per heavy atom. The number of aromatic nitrogens is 4. The van der Waals surface area contributed by atoms with E-state index in [1.54, 1.807) is 17.5 Å². The van der Waals surface area contributed by atoms with Crippen molar-refractivity contribution in [2.45, 2.75) is 12.8 Å². The van der Waals surface area contributed by atoms with Crippen molar-refractivity contribution < 1.29 is 0 Å². The van der Waals surface area contributed by atoms with Crippen LogP contribution in [0.1, 0.15) is 12.1 Å². The van der Waals surface area contributed by atoms with Gasteiger partial charge in [0.2, 0.25) is 0 Å². The van der Waals surface area contributed by atoms with Crippen LogP contribution in [0, 0.1) is 0 Å². The van der Waals surface area contributed by atoms with Gasteiger partial charge in [-0.15, -0.1) is 0 Å². The highest BCUT2D eigenvalue weighted by Gasteiger charge is 2.09. The van der Waals surface area contributed by atoms with E-state index in [1.165, 1.54) is 0 Å². The van der Waals surface area contributed by atoms with Gasteiger partial charge in [-0.2, -0.15) is 16.4 Å². The largest absolute Gasteiger partial charge is 0.369 e. The average molecular weight is 335 g/mol. The summed E-state index contributed by atoms with van der Waals surface area (Å²) < 4.78 is 0. The fourth-order valence-electron chi connectivity index (χ4n) is 2.64. The van der Waals surface area contributed by atoms with Crippen LogP contribution in [-0.2, 0) is 6.42 Å². The first kappa shape index (κ1) is 14.8. The van der Waals surface area contributed by atoms with Crippen molar-refractivity contribution in [2.24, 2.45) is 0 Å². The van der Waals surface area contributed by atoms with Gasteiger partial charge >= 0.3 is 0 Å². The zero-order chi connectivity index (χ0) is 16.2. The molecule has 0 bridgehead atoms. The van der Waals surface area contributed by atoms with Gasteiger partial charge in [-0.1, -0.05) is 12.1 Å². The molecular weight excluding hydrogens is 318 g/mol. The maximum Gasteiger partial charge on any atom is 0.162 e. The number of benzene rings is 1. The minimum absolute atomic E-state index is 0.769. The van der Waals surface area contributed by atoms with Crippen LogP contribution in [0.15, 0.2) is 53.4 Å². The molecule has 0 aliphatic heterocycles. The van der Waals surface area contributed by atoms with E-state index in [0.29, 0.717) is 0 Å². The summed E-state index contributed by atoms with van der Waals surface area (Å²) in [5.41, 5.74) is 3.18. The molecule has 3 heterocycles. The highest BCUT2D eigenvalue weighted by Crippen LogP contribution is 2.26. The van der Waals surface area contributed by atoms with E-state index >= 15 is 0 Å². The molecule has 3 aromatic heterocycles. The molecule has 1 aromatic carbocycles. The Labute approximate surface area is 143 Å². The fraction of sp³-hybridized carbons (Fsp3) is 0.167. The minimum Gasteiger partial charge on any atom is -0.369 e. The summed E-state index contributed by atoms with van der Waals surface area (Å²) in [7, 11) is 0. The van der Waals surface area contributed by atoms with E-state index in [9.17, 15) is 0 Å². The summed E-state index contributed by atoms with van der Waals surface area (Å²) in [5.74, 6) is 1.66. The third-order valence-corrected chi connectivity index (χ3v) is 4.54. The normalized spacial score (nSPS) is 11.0. The molecule has 0 atom stereocenters. The molecule has 0 radical (unpaired) electrons. The van der Waals surface area contributed by atoms with Gasteiger partial charge in [-0.05, 0) is 42.5 Å². The number of H-pyrrole nitrogens is 1. The van der Waals surface area contributed by atoms with Crippen LogP contribution in [0.3, 0.4) is 0 Å². The first-order valence-electron chi connectivity index (χ1n) is 7.91. The lowest BCUT2D eigenvalue weighted by atomic mass is 10.2. The molecule has 2 N–H and O–H groups in total. The summed E-state index contributed by atoms with van der Waals surface area (Å²) in [4.78, 5) is 9.43. The van der Waals surface area contributed by atoms with Gasteiger partial charge in [0.15, 0.2) is 5.82 Å². The van der Waals surface area contributed by atoms with Gasteiger partial charge in [0, 0.05) is 34.8 Å². The van der Waals surface area contributed by atoms with Gasteiger partial charge in [-0.25, -0.2) is 9.97 Å². The van der Waals surface area contributed by atoms with Crippen LogP contribution in [0.25, 0.3) is 22.3 Å². The molecule has 120 valence electrons. The number of nitrogens with one attached hydrogen (secondary N) is 2. The number of anilines is 1. The fourth-order valence-corrected chi connectivity index (χ4v) is 3.28. The number of nitrogens with zero attached hydrogens (tertiary/aromatic N) is 3. The first-order valence-corrected chi connectivity index (χ1v) is 8.86. The molecule has 0 saturated carbocycles. The summed E-state index contributed by atoms with van der Waals surface area (Å²) in [5, 5.41) is 15.6. The molecule has 5 nitrogen and oxygen atoms in total. The van der Waals surface area contributed by atoms with Gasteiger partial charge in [0.1, 0.15) is 5.82 Å². The van der Waals surface area contributed by atoms with Crippen LogP contribution >= 0.6 is 11.3 Å². The van der Waals surface area contributed by atoms with Crippen LogP contribution < -0.4 is 5.32 Å². The zero-order valence-electron chi connectivity index (χ0n) is 13.1. The highest BCUT2D eigenvalue weighted by molar-refractivity contribution is 7.08. The minimum atomic E-state index is 0.769. The molecule has 0 amide bonds. The van der Waals surface area contributed by atoms with Crippen LogP contribution in [0.5, 0.6) is 0 Å². The Morgan fingerprint density at radius 1 is 1.08 bits per heavy atom. The summed E-state index contributed by atoms with van der Waals surface area (Å²) >= 11 is 1.66. The van der Waals surface area contributed by atoms with Gasteiger partial charge in [0.25, 0.3) is 0 Å². The Balaban J connectivity index is 1.56. The van der Waals surface area contributed by atoms with E-state index in [2.05, 4.69) is 38.0 Å². The number of aryl methyl sites for hydroxylation is 1. The summed E-state index contributed by atoms with van der Waals surface area (Å²) in [6.07, 6.45) is 3.76. The molecule has 6 heteroatoms. The second-order valence-electron chi connectivity index (χ2n) is 5.54. The Bertz CT molecular complexity index is 916. The number of fused-ring (bicyclic) bond motifs is 1. The van der Waals surface area contributed by atoms with Gasteiger partial charge in [-0.3, -0.25) is 5.10 Å². The maximum absolute atomic E-state index is 4.74. The third-order valence-electron chi connectivity index (χ3n) is 3.86. The molecule has 4 aromatic rings.